The molecule has 2 N–H and O–H groups in total. The molecule has 2 aliphatic rings. The van der Waals surface area contributed by atoms with Gasteiger partial charge in [-0.1, -0.05) is 6.07 Å². The third kappa shape index (κ3) is 2.81. The van der Waals surface area contributed by atoms with Gasteiger partial charge in [0.25, 0.3) is 0 Å². The summed E-state index contributed by atoms with van der Waals surface area (Å²) < 4.78 is 46.2. The van der Waals surface area contributed by atoms with E-state index in [0.29, 0.717) is 13.0 Å². The van der Waals surface area contributed by atoms with E-state index in [2.05, 4.69) is 0 Å². The number of benzene rings is 1. The van der Waals surface area contributed by atoms with Gasteiger partial charge in [-0.15, -0.1) is 0 Å². The minimum atomic E-state index is -1.44. The predicted octanol–water partition coefficient (Wildman–Crippen LogP) is 3.41. The second-order valence-electron chi connectivity index (χ2n) is 5.88. The van der Waals surface area contributed by atoms with Crippen molar-refractivity contribution in [2.24, 2.45) is 11.7 Å². The Bertz CT molecular complexity index is 534. The Kier molecular flexibility index (Phi) is 4.21. The van der Waals surface area contributed by atoms with Crippen molar-refractivity contribution in [3.63, 3.8) is 0 Å². The Morgan fingerprint density at radius 1 is 1.29 bits per heavy atom. The zero-order chi connectivity index (χ0) is 15.0. The van der Waals surface area contributed by atoms with Gasteiger partial charge in [-0.25, -0.2) is 13.2 Å². The van der Waals surface area contributed by atoms with E-state index in [1.807, 2.05) is 11.8 Å². The van der Waals surface area contributed by atoms with E-state index < -0.39 is 23.5 Å². The summed E-state index contributed by atoms with van der Waals surface area (Å²) in [6.07, 6.45) is 2.44. The summed E-state index contributed by atoms with van der Waals surface area (Å²) in [6, 6.07) is 1.56. The van der Waals surface area contributed by atoms with Crippen LogP contribution in [0.15, 0.2) is 12.1 Å². The van der Waals surface area contributed by atoms with Gasteiger partial charge in [0.15, 0.2) is 17.5 Å². The van der Waals surface area contributed by atoms with E-state index in [0.717, 1.165) is 30.4 Å². The van der Waals surface area contributed by atoms with Crippen LogP contribution in [-0.2, 0) is 4.74 Å². The van der Waals surface area contributed by atoms with Crippen LogP contribution in [0.2, 0.25) is 0 Å². The average Bonchev–Trinajstić information content (AvgIpc) is 2.92. The molecule has 0 aromatic heterocycles. The Balaban J connectivity index is 1.81. The van der Waals surface area contributed by atoms with Gasteiger partial charge >= 0.3 is 0 Å². The highest BCUT2D eigenvalue weighted by Crippen LogP contribution is 2.43. The summed E-state index contributed by atoms with van der Waals surface area (Å²) in [5, 5.41) is 0. The van der Waals surface area contributed by atoms with E-state index in [-0.39, 0.29) is 17.1 Å². The lowest BCUT2D eigenvalue weighted by atomic mass is 9.79. The lowest BCUT2D eigenvalue weighted by Gasteiger charge is -2.40. The number of halogens is 3. The fourth-order valence-electron chi connectivity index (χ4n) is 3.29. The largest absolute Gasteiger partial charge is 0.374 e. The van der Waals surface area contributed by atoms with Gasteiger partial charge < -0.3 is 10.5 Å². The van der Waals surface area contributed by atoms with Crippen molar-refractivity contribution in [3.8, 4) is 0 Å². The van der Waals surface area contributed by atoms with Crippen LogP contribution < -0.4 is 5.73 Å². The third-order valence-electron chi connectivity index (χ3n) is 4.53. The lowest BCUT2D eigenvalue weighted by Crippen LogP contribution is -2.43. The number of thioether (sulfide) groups is 1. The lowest BCUT2D eigenvalue weighted by molar-refractivity contribution is -0.0835. The highest BCUT2D eigenvalue weighted by Gasteiger charge is 2.42. The minimum absolute atomic E-state index is 0.0248. The third-order valence-corrected chi connectivity index (χ3v) is 5.75. The van der Waals surface area contributed by atoms with E-state index in [9.17, 15) is 13.2 Å². The van der Waals surface area contributed by atoms with Gasteiger partial charge in [-0.05, 0) is 37.0 Å². The predicted molar refractivity (Wildman–Crippen MR) is 76.6 cm³/mol. The maximum atomic E-state index is 13.9. The summed E-state index contributed by atoms with van der Waals surface area (Å²) in [5.74, 6) is -1.78. The van der Waals surface area contributed by atoms with Crippen LogP contribution in [0.5, 0.6) is 0 Å². The van der Waals surface area contributed by atoms with Crippen LogP contribution in [0.25, 0.3) is 0 Å². The van der Waals surface area contributed by atoms with Crippen molar-refractivity contribution >= 4 is 11.8 Å². The van der Waals surface area contributed by atoms with E-state index >= 15 is 0 Å². The van der Waals surface area contributed by atoms with Crippen LogP contribution in [0, 0.1) is 23.4 Å². The maximum absolute atomic E-state index is 13.9. The molecule has 3 rings (SSSR count). The molecule has 116 valence electrons. The second-order valence-corrected chi connectivity index (χ2v) is 6.98. The highest BCUT2D eigenvalue weighted by atomic mass is 32.2. The van der Waals surface area contributed by atoms with E-state index in [4.69, 9.17) is 10.5 Å². The first kappa shape index (κ1) is 15.2. The first-order valence-corrected chi connectivity index (χ1v) is 8.28. The molecule has 0 aliphatic carbocycles. The quantitative estimate of drug-likeness (QED) is 0.849. The smallest absolute Gasteiger partial charge is 0.194 e. The standard InChI is InChI=1S/C15H18F3NOS/c16-11-2-1-10(12(17)13(11)18)14(19)9-3-5-20-15(7-9)4-6-21-8-15/h1-2,9,14H,3-8,19H2. The van der Waals surface area contributed by atoms with Crippen molar-refractivity contribution < 1.29 is 17.9 Å². The van der Waals surface area contributed by atoms with Crippen molar-refractivity contribution in [2.75, 3.05) is 18.1 Å². The summed E-state index contributed by atoms with van der Waals surface area (Å²) in [7, 11) is 0. The molecule has 3 unspecified atom stereocenters. The molecular formula is C15H18F3NOS. The monoisotopic (exact) mass is 317 g/mol. The van der Waals surface area contributed by atoms with Gasteiger partial charge in [0, 0.05) is 24.0 Å². The molecule has 2 heterocycles. The van der Waals surface area contributed by atoms with Gasteiger partial charge in [0.05, 0.1) is 5.60 Å². The zero-order valence-electron chi connectivity index (χ0n) is 11.6. The molecule has 2 saturated heterocycles. The summed E-state index contributed by atoms with van der Waals surface area (Å²) in [4.78, 5) is 0. The number of nitrogens with two attached hydrogens (primary N) is 1. The van der Waals surface area contributed by atoms with Crippen molar-refractivity contribution in [1.29, 1.82) is 0 Å². The van der Waals surface area contributed by atoms with E-state index in [1.54, 1.807) is 0 Å². The molecule has 3 atom stereocenters. The van der Waals surface area contributed by atoms with Gasteiger partial charge in [0.2, 0.25) is 0 Å². The average molecular weight is 317 g/mol. The van der Waals surface area contributed by atoms with Crippen LogP contribution in [0.1, 0.15) is 30.9 Å². The number of hydrogen-bond acceptors (Lipinski definition) is 3. The molecule has 1 aromatic rings. The van der Waals surface area contributed by atoms with Crippen LogP contribution in [-0.4, -0.2) is 23.7 Å². The van der Waals surface area contributed by atoms with Crippen molar-refractivity contribution in [3.05, 3.63) is 35.1 Å². The molecule has 0 saturated carbocycles. The van der Waals surface area contributed by atoms with Crippen LogP contribution in [0.4, 0.5) is 13.2 Å². The van der Waals surface area contributed by atoms with Crippen molar-refractivity contribution in [2.45, 2.75) is 30.9 Å². The second kappa shape index (κ2) is 5.82. The summed E-state index contributed by atoms with van der Waals surface area (Å²) >= 11 is 1.85. The first-order chi connectivity index (χ1) is 10.0. The van der Waals surface area contributed by atoms with E-state index in [1.165, 1.54) is 6.07 Å². The van der Waals surface area contributed by atoms with Gasteiger partial charge in [-0.2, -0.15) is 11.8 Å². The fraction of sp³-hybridized carbons (Fsp3) is 0.600. The molecule has 1 spiro atoms. The first-order valence-electron chi connectivity index (χ1n) is 7.13. The Morgan fingerprint density at radius 2 is 2.10 bits per heavy atom. The van der Waals surface area contributed by atoms with Gasteiger partial charge in [-0.3, -0.25) is 0 Å². The fourth-order valence-corrected chi connectivity index (χ4v) is 4.67. The summed E-state index contributed by atoms with van der Waals surface area (Å²) in [5.41, 5.74) is 6.04. The SMILES string of the molecule is NC(c1ccc(F)c(F)c1F)C1CCOC2(CCSC2)C1. The minimum Gasteiger partial charge on any atom is -0.374 e. The molecule has 0 amide bonds. The zero-order valence-corrected chi connectivity index (χ0v) is 12.4. The summed E-state index contributed by atoms with van der Waals surface area (Å²) in [6.45, 7) is 0.588. The molecule has 21 heavy (non-hydrogen) atoms. The Hall–Kier alpha value is -0.720. The highest BCUT2D eigenvalue weighted by molar-refractivity contribution is 7.99. The molecule has 0 radical (unpaired) electrons. The van der Waals surface area contributed by atoms with Crippen LogP contribution in [0.3, 0.4) is 0 Å². The molecule has 2 nitrogen and oxygen atoms in total. The number of hydrogen-bond donors (Lipinski definition) is 1. The van der Waals surface area contributed by atoms with Crippen LogP contribution >= 0.6 is 11.8 Å². The van der Waals surface area contributed by atoms with Gasteiger partial charge in [0.1, 0.15) is 0 Å². The number of ether oxygens (including phenoxy) is 1. The molecule has 1 aromatic carbocycles. The molecular weight excluding hydrogens is 299 g/mol. The molecule has 6 heteroatoms. The number of rotatable bonds is 2. The molecule has 0 bridgehead atoms. The Morgan fingerprint density at radius 3 is 2.81 bits per heavy atom. The molecule has 2 aliphatic heterocycles. The molecule has 2 fully saturated rings. The van der Waals surface area contributed by atoms with Crippen molar-refractivity contribution in [1.82, 2.24) is 0 Å². The topological polar surface area (TPSA) is 35.2 Å². The Labute approximate surface area is 126 Å². The normalized spacial score (nSPS) is 30.8. The maximum Gasteiger partial charge on any atom is 0.194 e.